The van der Waals surface area contributed by atoms with E-state index in [2.05, 4.69) is 35.7 Å². The predicted octanol–water partition coefficient (Wildman–Crippen LogP) is 2.05. The van der Waals surface area contributed by atoms with Gasteiger partial charge >= 0.3 is 0 Å². The van der Waals surface area contributed by atoms with E-state index in [1.54, 1.807) is 6.20 Å². The fourth-order valence-electron chi connectivity index (χ4n) is 4.05. The number of piperidine rings is 1. The van der Waals surface area contributed by atoms with Crippen LogP contribution in [0.3, 0.4) is 0 Å². The smallest absolute Gasteiger partial charge is 0.277 e. The van der Waals surface area contributed by atoms with Gasteiger partial charge in [-0.1, -0.05) is 5.21 Å². The number of anilines is 1. The Bertz CT molecular complexity index is 1000. The third-order valence-electron chi connectivity index (χ3n) is 5.69. The highest BCUT2D eigenvalue weighted by molar-refractivity contribution is 6.02. The molecule has 4 heterocycles. The van der Waals surface area contributed by atoms with Gasteiger partial charge in [-0.15, -0.1) is 15.3 Å². The molecule has 1 saturated heterocycles. The lowest BCUT2D eigenvalue weighted by atomic mass is 10.1. The number of fused-ring (bicyclic) bond motifs is 1. The molecular weight excluding hydrogens is 368 g/mol. The summed E-state index contributed by atoms with van der Waals surface area (Å²) in [4.78, 5) is 12.5. The van der Waals surface area contributed by atoms with E-state index in [0.717, 1.165) is 62.5 Å². The first-order valence-electron chi connectivity index (χ1n) is 10.2. The summed E-state index contributed by atoms with van der Waals surface area (Å²) in [5.41, 5.74) is 2.05. The van der Waals surface area contributed by atoms with Crippen LogP contribution in [0.25, 0.3) is 11.4 Å². The van der Waals surface area contributed by atoms with Gasteiger partial charge in [-0.3, -0.25) is 4.79 Å². The van der Waals surface area contributed by atoms with Crippen molar-refractivity contribution < 1.29 is 4.79 Å². The van der Waals surface area contributed by atoms with Crippen LogP contribution >= 0.6 is 0 Å². The van der Waals surface area contributed by atoms with Crippen LogP contribution in [0.15, 0.2) is 30.5 Å². The van der Waals surface area contributed by atoms with Gasteiger partial charge in [0.1, 0.15) is 5.82 Å². The minimum atomic E-state index is -0.252. The minimum absolute atomic E-state index is 0.252. The number of nitrogens with zero attached hydrogens (tertiary/aromatic N) is 6. The highest BCUT2D eigenvalue weighted by Crippen LogP contribution is 2.24. The Morgan fingerprint density at radius 1 is 1.07 bits per heavy atom. The zero-order valence-corrected chi connectivity index (χ0v) is 16.2. The highest BCUT2D eigenvalue weighted by Gasteiger charge is 2.19. The van der Waals surface area contributed by atoms with Crippen LogP contribution in [0.5, 0.6) is 0 Å². The van der Waals surface area contributed by atoms with E-state index in [0.29, 0.717) is 17.4 Å². The fraction of sp³-hybridized carbons (Fsp3) is 0.450. The topological polar surface area (TPSA) is 103 Å². The van der Waals surface area contributed by atoms with Crippen LogP contribution in [0.4, 0.5) is 5.69 Å². The largest absolute Gasteiger partial charge is 0.321 e. The van der Waals surface area contributed by atoms with Crippen molar-refractivity contribution in [1.82, 2.24) is 35.1 Å². The molecule has 1 aromatic carbocycles. The molecule has 150 valence electrons. The van der Waals surface area contributed by atoms with E-state index >= 15 is 0 Å². The molecule has 0 spiro atoms. The average molecular weight is 392 g/mol. The zero-order chi connectivity index (χ0) is 19.6. The first kappa shape index (κ1) is 18.0. The Balaban J connectivity index is 1.27. The number of aryl methyl sites for hydroxylation is 1. The van der Waals surface area contributed by atoms with Gasteiger partial charge in [0.25, 0.3) is 5.91 Å². The maximum Gasteiger partial charge on any atom is 0.277 e. The van der Waals surface area contributed by atoms with Crippen LogP contribution in [0, 0.1) is 0 Å². The van der Waals surface area contributed by atoms with E-state index in [9.17, 15) is 4.79 Å². The maximum absolute atomic E-state index is 12.5. The lowest BCUT2D eigenvalue weighted by Gasteiger charge is -2.22. The molecule has 3 aromatic rings. The summed E-state index contributed by atoms with van der Waals surface area (Å²) in [6.45, 7) is 2.89. The van der Waals surface area contributed by atoms with Crippen molar-refractivity contribution in [2.24, 2.45) is 0 Å². The quantitative estimate of drug-likeness (QED) is 0.704. The number of carbonyl (C=O) groups excluding carboxylic acids is 1. The van der Waals surface area contributed by atoms with Crippen molar-refractivity contribution in [3.63, 3.8) is 0 Å². The molecule has 0 atom stereocenters. The third-order valence-corrected chi connectivity index (χ3v) is 5.69. The van der Waals surface area contributed by atoms with Crippen LogP contribution in [-0.2, 0) is 13.0 Å². The van der Waals surface area contributed by atoms with E-state index in [4.69, 9.17) is 0 Å². The van der Waals surface area contributed by atoms with Gasteiger partial charge in [-0.05, 0) is 63.0 Å². The number of hydrogen-bond acceptors (Lipinski definition) is 6. The Labute approximate surface area is 168 Å². The Kier molecular flexibility index (Phi) is 4.81. The van der Waals surface area contributed by atoms with Crippen LogP contribution in [0.1, 0.15) is 48.0 Å². The Morgan fingerprint density at radius 3 is 2.72 bits per heavy atom. The number of carbonyl (C=O) groups is 1. The van der Waals surface area contributed by atoms with Gasteiger partial charge in [-0.25, -0.2) is 4.68 Å². The number of rotatable bonds is 4. The van der Waals surface area contributed by atoms with Crippen molar-refractivity contribution in [1.29, 1.82) is 0 Å². The standard InChI is InChI=1S/C20H24N8O/c29-20(17-13-28(26-23-17)16-8-10-21-11-9-16)22-15-6-4-14(5-7-15)19-25-24-18-3-1-2-12-27(18)19/h4-7,13,16,21H,1-3,8-12H2,(H,22,29). The van der Waals surface area contributed by atoms with Crippen LogP contribution < -0.4 is 10.6 Å². The molecule has 1 amide bonds. The molecule has 2 aliphatic rings. The van der Waals surface area contributed by atoms with Gasteiger partial charge < -0.3 is 15.2 Å². The van der Waals surface area contributed by atoms with Crippen molar-refractivity contribution in [2.75, 3.05) is 18.4 Å². The number of benzene rings is 1. The average Bonchev–Trinajstić information content (AvgIpc) is 3.43. The number of hydrogen-bond donors (Lipinski definition) is 2. The molecule has 9 heteroatoms. The molecule has 2 N–H and O–H groups in total. The molecule has 0 bridgehead atoms. The summed E-state index contributed by atoms with van der Waals surface area (Å²) in [5.74, 6) is 1.70. The summed E-state index contributed by atoms with van der Waals surface area (Å²) in [7, 11) is 0. The fourth-order valence-corrected chi connectivity index (χ4v) is 4.05. The van der Waals surface area contributed by atoms with Crippen molar-refractivity contribution in [2.45, 2.75) is 44.7 Å². The van der Waals surface area contributed by atoms with E-state index < -0.39 is 0 Å². The minimum Gasteiger partial charge on any atom is -0.321 e. The second kappa shape index (κ2) is 7.75. The number of amides is 1. The molecule has 9 nitrogen and oxygen atoms in total. The lowest BCUT2D eigenvalue weighted by molar-refractivity contribution is 0.102. The highest BCUT2D eigenvalue weighted by atomic mass is 16.2. The van der Waals surface area contributed by atoms with E-state index in [1.807, 2.05) is 28.9 Å². The summed E-state index contributed by atoms with van der Waals surface area (Å²) in [5, 5.41) is 23.1. The molecule has 29 heavy (non-hydrogen) atoms. The van der Waals surface area contributed by atoms with Crippen LogP contribution in [0.2, 0.25) is 0 Å². The number of aromatic nitrogens is 6. The van der Waals surface area contributed by atoms with Gasteiger partial charge in [0.15, 0.2) is 11.5 Å². The molecule has 1 fully saturated rings. The van der Waals surface area contributed by atoms with Gasteiger partial charge in [0.2, 0.25) is 0 Å². The molecule has 0 radical (unpaired) electrons. The summed E-state index contributed by atoms with van der Waals surface area (Å²) < 4.78 is 4.00. The molecule has 0 saturated carbocycles. The first-order valence-corrected chi connectivity index (χ1v) is 10.2. The second-order valence-electron chi connectivity index (χ2n) is 7.65. The first-order chi connectivity index (χ1) is 14.3. The summed E-state index contributed by atoms with van der Waals surface area (Å²) in [6, 6.07) is 8.00. The molecular formula is C20H24N8O. The monoisotopic (exact) mass is 392 g/mol. The molecule has 2 aliphatic heterocycles. The van der Waals surface area contributed by atoms with Gasteiger partial charge in [0, 0.05) is 24.2 Å². The Morgan fingerprint density at radius 2 is 1.90 bits per heavy atom. The summed E-state index contributed by atoms with van der Waals surface area (Å²) >= 11 is 0. The maximum atomic E-state index is 12.5. The SMILES string of the molecule is O=C(Nc1ccc(-c2nnc3n2CCCC3)cc1)c1cn(C2CCNCC2)nn1. The van der Waals surface area contributed by atoms with E-state index in [-0.39, 0.29) is 5.91 Å². The van der Waals surface area contributed by atoms with Crippen molar-refractivity contribution >= 4 is 11.6 Å². The molecule has 5 rings (SSSR count). The van der Waals surface area contributed by atoms with Crippen molar-refractivity contribution in [3.8, 4) is 11.4 Å². The molecule has 2 aromatic heterocycles. The van der Waals surface area contributed by atoms with E-state index in [1.165, 1.54) is 6.42 Å². The second-order valence-corrected chi connectivity index (χ2v) is 7.65. The summed E-state index contributed by atoms with van der Waals surface area (Å²) in [6.07, 6.45) is 7.05. The lowest BCUT2D eigenvalue weighted by Crippen LogP contribution is -2.29. The van der Waals surface area contributed by atoms with Gasteiger partial charge in [0.05, 0.1) is 12.2 Å². The Hall–Kier alpha value is -3.07. The van der Waals surface area contributed by atoms with Gasteiger partial charge in [-0.2, -0.15) is 0 Å². The van der Waals surface area contributed by atoms with Crippen molar-refractivity contribution in [3.05, 3.63) is 42.0 Å². The van der Waals surface area contributed by atoms with Crippen LogP contribution in [-0.4, -0.2) is 48.8 Å². The predicted molar refractivity (Wildman–Crippen MR) is 108 cm³/mol. The molecule has 0 unspecified atom stereocenters. The zero-order valence-electron chi connectivity index (χ0n) is 16.2. The normalized spacial score (nSPS) is 17.1. The third kappa shape index (κ3) is 3.65. The molecule has 0 aliphatic carbocycles. The number of nitrogens with one attached hydrogen (secondary N) is 2.